The van der Waals surface area contributed by atoms with Crippen molar-refractivity contribution in [1.29, 1.82) is 0 Å². The zero-order chi connectivity index (χ0) is 29.5. The van der Waals surface area contributed by atoms with Crippen molar-refractivity contribution in [3.05, 3.63) is 48.1 Å². The lowest BCUT2D eigenvalue weighted by Crippen LogP contribution is -2.57. The predicted molar refractivity (Wildman–Crippen MR) is 148 cm³/mol. The lowest BCUT2D eigenvalue weighted by atomic mass is 9.99. The number of phenols is 1. The molecule has 220 valence electrons. The van der Waals surface area contributed by atoms with Crippen molar-refractivity contribution in [2.45, 2.75) is 37.9 Å². The van der Waals surface area contributed by atoms with Crippen molar-refractivity contribution < 1.29 is 33.0 Å². The highest BCUT2D eigenvalue weighted by Gasteiger charge is 2.45. The van der Waals surface area contributed by atoms with Gasteiger partial charge in [-0.25, -0.2) is 13.8 Å². The number of nitrogens with zero attached hydrogens (tertiary/aromatic N) is 4. The smallest absolute Gasteiger partial charge is 0.262 e. The molecule has 0 spiro atoms. The second-order valence-corrected chi connectivity index (χ2v) is 11.2. The quantitative estimate of drug-likeness (QED) is 0.386. The molecule has 41 heavy (non-hydrogen) atoms. The van der Waals surface area contributed by atoms with Gasteiger partial charge in [-0.1, -0.05) is 12.6 Å². The Labute approximate surface area is 237 Å². The number of pyridine rings is 1. The molecule has 12 heteroatoms. The lowest BCUT2D eigenvalue weighted by Gasteiger charge is -2.40. The van der Waals surface area contributed by atoms with Crippen LogP contribution in [-0.2, 0) is 9.53 Å². The van der Waals surface area contributed by atoms with E-state index in [4.69, 9.17) is 9.47 Å². The summed E-state index contributed by atoms with van der Waals surface area (Å²) in [5.41, 5.74) is -1.45. The maximum absolute atomic E-state index is 16.3. The molecular weight excluding hydrogens is 536 g/mol. The summed E-state index contributed by atoms with van der Waals surface area (Å²) in [6, 6.07) is 3.13. The minimum Gasteiger partial charge on any atom is -0.507 e. The van der Waals surface area contributed by atoms with Gasteiger partial charge in [0.2, 0.25) is 5.91 Å². The van der Waals surface area contributed by atoms with E-state index in [-0.39, 0.29) is 55.3 Å². The molecule has 2 atom stereocenters. The molecule has 0 aliphatic carbocycles. The molecule has 10 nitrogen and oxygen atoms in total. The molecule has 2 saturated heterocycles. The highest BCUT2D eigenvalue weighted by molar-refractivity contribution is 6.03. The molecule has 3 aliphatic heterocycles. The van der Waals surface area contributed by atoms with E-state index in [1.54, 1.807) is 16.9 Å². The third-order valence-corrected chi connectivity index (χ3v) is 8.04. The van der Waals surface area contributed by atoms with Crippen molar-refractivity contribution in [1.82, 2.24) is 20.1 Å². The zero-order valence-electron chi connectivity index (χ0n) is 23.5. The van der Waals surface area contributed by atoms with Crippen LogP contribution in [0.3, 0.4) is 0 Å². The van der Waals surface area contributed by atoms with E-state index in [2.05, 4.69) is 16.9 Å². The maximum Gasteiger partial charge on any atom is 0.262 e. The molecule has 4 heterocycles. The van der Waals surface area contributed by atoms with E-state index in [0.717, 1.165) is 6.07 Å². The normalized spacial score (nSPS) is 21.7. The summed E-state index contributed by atoms with van der Waals surface area (Å²) in [6.45, 7) is 9.70. The number of carbonyl (C=O) groups is 2. The van der Waals surface area contributed by atoms with E-state index in [1.807, 2.05) is 18.7 Å². The minimum atomic E-state index is -1.04. The summed E-state index contributed by atoms with van der Waals surface area (Å²) in [7, 11) is 1.62. The number of rotatable bonds is 7. The fourth-order valence-electron chi connectivity index (χ4n) is 6.00. The summed E-state index contributed by atoms with van der Waals surface area (Å²) in [5.74, 6) is -3.34. The molecular formula is C29H35F2N5O5. The fraction of sp³-hybridized carbons (Fsp3) is 0.483. The van der Waals surface area contributed by atoms with Crippen LogP contribution in [0, 0.1) is 11.6 Å². The summed E-state index contributed by atoms with van der Waals surface area (Å²) in [6.07, 6.45) is 1.90. The van der Waals surface area contributed by atoms with Crippen molar-refractivity contribution in [3.63, 3.8) is 0 Å². The van der Waals surface area contributed by atoms with Gasteiger partial charge in [-0.15, -0.1) is 0 Å². The number of methoxy groups -OCH3 is 1. The van der Waals surface area contributed by atoms with Gasteiger partial charge < -0.3 is 34.6 Å². The zero-order valence-corrected chi connectivity index (χ0v) is 23.5. The van der Waals surface area contributed by atoms with Gasteiger partial charge in [-0.2, -0.15) is 0 Å². The molecule has 3 aliphatic rings. The Kier molecular flexibility index (Phi) is 7.89. The highest BCUT2D eigenvalue weighted by atomic mass is 19.1. The summed E-state index contributed by atoms with van der Waals surface area (Å²) in [5, 5.41) is 14.0. The number of carbonyl (C=O) groups excluding carboxylic acids is 2. The van der Waals surface area contributed by atoms with Gasteiger partial charge in [0.25, 0.3) is 5.91 Å². The lowest BCUT2D eigenvalue weighted by molar-refractivity contribution is -0.128. The summed E-state index contributed by atoms with van der Waals surface area (Å²) in [4.78, 5) is 36.1. The molecule has 0 bridgehead atoms. The number of nitrogens with one attached hydrogen (secondary N) is 1. The van der Waals surface area contributed by atoms with Gasteiger partial charge in [0, 0.05) is 51.4 Å². The van der Waals surface area contributed by atoms with Gasteiger partial charge in [-0.3, -0.25) is 9.59 Å². The molecule has 2 N–H and O–H groups in total. The standard InChI is InChI=1S/C29H35F2N5O5/c1-5-21(38)34-10-11-35-18(15-34)16-41-26-23(28(35)39)27(36-14-17(13-29(36,2)3)32-9-12-40-4)33-25(24(26)31)22-19(30)7-6-8-20(22)37/h5-8,17-18,32,37H,1,9-16H2,2-4H3. The third-order valence-electron chi connectivity index (χ3n) is 8.04. The average Bonchev–Trinajstić information content (AvgIpc) is 3.16. The number of hydrogen-bond donors (Lipinski definition) is 2. The molecule has 5 rings (SSSR count). The SMILES string of the molecule is C=CC(=O)N1CCN2C(=O)c3c(N4CC(NCCOC)CC4(C)C)nc(-c4c(O)cccc4F)c(F)c3OCC2C1. The maximum atomic E-state index is 16.3. The Bertz CT molecular complexity index is 1350. The first-order chi connectivity index (χ1) is 19.6. The van der Waals surface area contributed by atoms with Gasteiger partial charge >= 0.3 is 0 Å². The molecule has 2 unspecified atom stereocenters. The molecule has 1 aromatic heterocycles. The number of anilines is 1. The Morgan fingerprint density at radius 2 is 2.07 bits per heavy atom. The second-order valence-electron chi connectivity index (χ2n) is 11.2. The van der Waals surface area contributed by atoms with Gasteiger partial charge in [0.05, 0.1) is 18.2 Å². The van der Waals surface area contributed by atoms with Gasteiger partial charge in [0.1, 0.15) is 35.2 Å². The number of fused-ring (bicyclic) bond motifs is 2. The first-order valence-corrected chi connectivity index (χ1v) is 13.6. The third kappa shape index (κ3) is 5.21. The van der Waals surface area contributed by atoms with E-state index >= 15 is 8.78 Å². The number of ether oxygens (including phenoxy) is 2. The molecule has 2 fully saturated rings. The van der Waals surface area contributed by atoms with E-state index in [9.17, 15) is 14.7 Å². The Balaban J connectivity index is 1.64. The average molecular weight is 572 g/mol. The Morgan fingerprint density at radius 3 is 2.78 bits per heavy atom. The molecule has 0 saturated carbocycles. The number of phenolic OH excluding ortho intramolecular Hbond substituents is 1. The Morgan fingerprint density at radius 1 is 1.29 bits per heavy atom. The van der Waals surface area contributed by atoms with Gasteiger partial charge in [-0.05, 0) is 38.5 Å². The highest BCUT2D eigenvalue weighted by Crippen LogP contribution is 2.45. The van der Waals surface area contributed by atoms with Crippen LogP contribution in [0.25, 0.3) is 11.3 Å². The predicted octanol–water partition coefficient (Wildman–Crippen LogP) is 2.56. The van der Waals surface area contributed by atoms with Crippen molar-refractivity contribution >= 4 is 17.6 Å². The summed E-state index contributed by atoms with van der Waals surface area (Å²) < 4.78 is 42.5. The van der Waals surface area contributed by atoms with Crippen molar-refractivity contribution in [3.8, 4) is 22.8 Å². The summed E-state index contributed by atoms with van der Waals surface area (Å²) >= 11 is 0. The number of benzene rings is 1. The van der Waals surface area contributed by atoms with Crippen LogP contribution in [0.5, 0.6) is 11.5 Å². The molecule has 1 aromatic carbocycles. The number of piperazine rings is 1. The number of aromatic nitrogens is 1. The molecule has 2 aromatic rings. The van der Waals surface area contributed by atoms with Crippen LogP contribution in [0.2, 0.25) is 0 Å². The Hall–Kier alpha value is -3.77. The molecule has 0 radical (unpaired) electrons. The van der Waals surface area contributed by atoms with Crippen LogP contribution in [0.4, 0.5) is 14.6 Å². The minimum absolute atomic E-state index is 0.0102. The first kappa shape index (κ1) is 28.7. The van der Waals surface area contributed by atoms with Crippen molar-refractivity contribution in [2.75, 3.05) is 57.9 Å². The van der Waals surface area contributed by atoms with Crippen LogP contribution in [-0.4, -0.2) is 102 Å². The van der Waals surface area contributed by atoms with E-state index in [0.29, 0.717) is 26.1 Å². The van der Waals surface area contributed by atoms with E-state index in [1.165, 1.54) is 18.2 Å². The fourth-order valence-corrected chi connectivity index (χ4v) is 6.00. The largest absolute Gasteiger partial charge is 0.507 e. The van der Waals surface area contributed by atoms with Crippen LogP contribution >= 0.6 is 0 Å². The topological polar surface area (TPSA) is 107 Å². The van der Waals surface area contributed by atoms with Crippen LogP contribution in [0.1, 0.15) is 30.6 Å². The number of halogens is 2. The van der Waals surface area contributed by atoms with Gasteiger partial charge in [0.15, 0.2) is 11.6 Å². The van der Waals surface area contributed by atoms with Crippen LogP contribution < -0.4 is 15.0 Å². The van der Waals surface area contributed by atoms with E-state index < -0.39 is 46.1 Å². The number of hydrogen-bond acceptors (Lipinski definition) is 8. The monoisotopic (exact) mass is 571 g/mol. The number of aromatic hydroxyl groups is 1. The number of amides is 2. The molecule has 2 amide bonds. The first-order valence-electron chi connectivity index (χ1n) is 13.6. The van der Waals surface area contributed by atoms with Crippen LogP contribution in [0.15, 0.2) is 30.9 Å². The second kappa shape index (κ2) is 11.2. The van der Waals surface area contributed by atoms with Crippen molar-refractivity contribution in [2.24, 2.45) is 0 Å².